The number of hydrogen-bond acceptors (Lipinski definition) is 3. The van der Waals surface area contributed by atoms with Crippen LogP contribution in [-0.2, 0) is 9.53 Å². The van der Waals surface area contributed by atoms with Crippen molar-refractivity contribution in [3.63, 3.8) is 0 Å². The Morgan fingerprint density at radius 2 is 1.87 bits per heavy atom. The number of carbonyl (C=O) groups is 2. The highest BCUT2D eigenvalue weighted by Crippen LogP contribution is 2.31. The zero-order valence-electron chi connectivity index (χ0n) is 13.8. The topological polar surface area (TPSA) is 66.8 Å². The summed E-state index contributed by atoms with van der Waals surface area (Å²) in [5.41, 5.74) is -0.621. The van der Waals surface area contributed by atoms with Gasteiger partial charge in [-0.05, 0) is 52.8 Å². The molecule has 0 radical (unpaired) electrons. The Labute approximate surface area is 143 Å². The highest BCUT2D eigenvalue weighted by molar-refractivity contribution is 9.10. The maximum Gasteiger partial charge on any atom is 0.411 e. The Bertz CT molecular complexity index is 598. The second-order valence-corrected chi connectivity index (χ2v) is 7.24. The summed E-state index contributed by atoms with van der Waals surface area (Å²) in [5.74, 6) is -1.85. The number of benzene rings is 1. The minimum atomic E-state index is -1.37. The molecule has 0 heterocycles. The number of aliphatic carboxylic acids is 1. The van der Waals surface area contributed by atoms with Gasteiger partial charge in [-0.1, -0.05) is 15.9 Å². The minimum absolute atomic E-state index is 0.150. The van der Waals surface area contributed by atoms with Crippen LogP contribution in [0.1, 0.15) is 46.2 Å². The van der Waals surface area contributed by atoms with E-state index in [2.05, 4.69) is 15.9 Å². The van der Waals surface area contributed by atoms with Gasteiger partial charge in [0.2, 0.25) is 0 Å². The van der Waals surface area contributed by atoms with E-state index >= 15 is 0 Å². The number of halogens is 2. The second kappa shape index (κ2) is 7.29. The van der Waals surface area contributed by atoms with Crippen molar-refractivity contribution in [1.82, 2.24) is 4.90 Å². The molecule has 7 heteroatoms. The van der Waals surface area contributed by atoms with Crippen molar-refractivity contribution in [3.8, 4) is 0 Å². The molecule has 0 saturated carbocycles. The van der Waals surface area contributed by atoms with Crippen molar-refractivity contribution in [2.75, 3.05) is 0 Å². The van der Waals surface area contributed by atoms with Crippen LogP contribution in [0.5, 0.6) is 0 Å². The second-order valence-electron chi connectivity index (χ2n) is 6.39. The van der Waals surface area contributed by atoms with Gasteiger partial charge in [0.25, 0.3) is 0 Å². The van der Waals surface area contributed by atoms with Crippen molar-refractivity contribution < 1.29 is 23.8 Å². The third kappa shape index (κ3) is 5.20. The molecule has 128 valence electrons. The molecule has 1 unspecified atom stereocenters. The Kier molecular flexibility index (Phi) is 6.16. The Morgan fingerprint density at radius 3 is 2.30 bits per heavy atom. The Hall–Kier alpha value is -1.63. The van der Waals surface area contributed by atoms with Gasteiger partial charge >= 0.3 is 12.1 Å². The van der Waals surface area contributed by atoms with Crippen molar-refractivity contribution in [2.45, 2.75) is 52.3 Å². The van der Waals surface area contributed by atoms with Crippen molar-refractivity contribution >= 4 is 28.0 Å². The highest BCUT2D eigenvalue weighted by atomic mass is 79.9. The van der Waals surface area contributed by atoms with Crippen LogP contribution in [-0.4, -0.2) is 33.7 Å². The number of amides is 1. The first kappa shape index (κ1) is 19.4. The first-order valence-electron chi connectivity index (χ1n) is 7.13. The van der Waals surface area contributed by atoms with E-state index in [1.165, 1.54) is 12.1 Å². The summed E-state index contributed by atoms with van der Waals surface area (Å²) in [6, 6.07) is 1.90. The van der Waals surface area contributed by atoms with Gasteiger partial charge in [-0.2, -0.15) is 0 Å². The van der Waals surface area contributed by atoms with Crippen molar-refractivity contribution in [2.24, 2.45) is 0 Å². The van der Waals surface area contributed by atoms with E-state index in [1.807, 2.05) is 0 Å². The standard InChI is InChI=1S/C16H21BrFNO4/c1-9(2)19(15(22)23-16(3,4)5)13(14(20)21)11-8-10(18)6-7-12(11)17/h6-9,13H,1-5H3,(H,20,21). The number of carbonyl (C=O) groups excluding carboxylic acids is 1. The maximum absolute atomic E-state index is 13.6. The van der Waals surface area contributed by atoms with Crippen LogP contribution in [0.15, 0.2) is 22.7 Å². The third-order valence-electron chi connectivity index (χ3n) is 2.93. The molecule has 0 aliphatic heterocycles. The van der Waals surface area contributed by atoms with Gasteiger partial charge in [0.05, 0.1) is 0 Å². The number of carboxylic acids is 1. The molecular weight excluding hydrogens is 369 g/mol. The van der Waals surface area contributed by atoms with Gasteiger partial charge < -0.3 is 9.84 Å². The predicted octanol–water partition coefficient (Wildman–Crippen LogP) is 4.36. The van der Waals surface area contributed by atoms with E-state index in [9.17, 15) is 19.1 Å². The van der Waals surface area contributed by atoms with Gasteiger partial charge in [-0.15, -0.1) is 0 Å². The van der Waals surface area contributed by atoms with Crippen LogP contribution in [0.25, 0.3) is 0 Å². The number of hydrogen-bond donors (Lipinski definition) is 1. The molecule has 1 atom stereocenters. The van der Waals surface area contributed by atoms with E-state index < -0.39 is 35.6 Å². The summed E-state index contributed by atoms with van der Waals surface area (Å²) in [6.07, 6.45) is -0.768. The van der Waals surface area contributed by atoms with Crippen LogP contribution in [0.2, 0.25) is 0 Å². The molecule has 1 aromatic carbocycles. The zero-order valence-corrected chi connectivity index (χ0v) is 15.3. The van der Waals surface area contributed by atoms with Crippen LogP contribution in [0, 0.1) is 5.82 Å². The van der Waals surface area contributed by atoms with Crippen LogP contribution in [0.3, 0.4) is 0 Å². The lowest BCUT2D eigenvalue weighted by Crippen LogP contribution is -2.46. The van der Waals surface area contributed by atoms with Gasteiger partial charge in [-0.3, -0.25) is 4.90 Å². The summed E-state index contributed by atoms with van der Waals surface area (Å²) in [4.78, 5) is 25.3. The molecule has 0 saturated heterocycles. The smallest absolute Gasteiger partial charge is 0.411 e. The molecular formula is C16H21BrFNO4. The monoisotopic (exact) mass is 389 g/mol. The molecule has 1 aromatic rings. The van der Waals surface area contributed by atoms with Crippen LogP contribution >= 0.6 is 15.9 Å². The maximum atomic E-state index is 13.6. The fourth-order valence-electron chi connectivity index (χ4n) is 2.06. The molecule has 5 nitrogen and oxygen atoms in total. The Balaban J connectivity index is 3.36. The molecule has 23 heavy (non-hydrogen) atoms. The molecule has 0 spiro atoms. The minimum Gasteiger partial charge on any atom is -0.479 e. The van der Waals surface area contributed by atoms with Crippen LogP contribution in [0.4, 0.5) is 9.18 Å². The summed E-state index contributed by atoms with van der Waals surface area (Å²) < 4.78 is 19.3. The summed E-state index contributed by atoms with van der Waals surface area (Å²) >= 11 is 3.22. The van der Waals surface area contributed by atoms with Crippen molar-refractivity contribution in [1.29, 1.82) is 0 Å². The largest absolute Gasteiger partial charge is 0.479 e. The average molecular weight is 390 g/mol. The number of rotatable bonds is 4. The molecule has 0 aliphatic carbocycles. The summed E-state index contributed by atoms with van der Waals surface area (Å²) in [6.45, 7) is 8.42. The molecule has 1 N–H and O–H groups in total. The normalized spacial score (nSPS) is 12.9. The molecule has 1 rings (SSSR count). The first-order chi connectivity index (χ1) is 10.4. The van der Waals surface area contributed by atoms with E-state index in [1.54, 1.807) is 34.6 Å². The molecule has 0 bridgehead atoms. The van der Waals surface area contributed by atoms with E-state index in [4.69, 9.17) is 4.74 Å². The van der Waals surface area contributed by atoms with Gasteiger partial charge in [0, 0.05) is 16.1 Å². The first-order valence-corrected chi connectivity index (χ1v) is 7.92. The predicted molar refractivity (Wildman–Crippen MR) is 87.7 cm³/mol. The quantitative estimate of drug-likeness (QED) is 0.830. The van der Waals surface area contributed by atoms with E-state index in [0.717, 1.165) is 11.0 Å². The van der Waals surface area contributed by atoms with Crippen molar-refractivity contribution in [3.05, 3.63) is 34.1 Å². The SMILES string of the molecule is CC(C)N(C(=O)OC(C)(C)C)C(C(=O)O)c1cc(F)ccc1Br. The molecule has 1 amide bonds. The van der Waals surface area contributed by atoms with E-state index in [-0.39, 0.29) is 5.56 Å². The molecule has 0 aromatic heterocycles. The van der Waals surface area contributed by atoms with Crippen LogP contribution < -0.4 is 0 Å². The number of carboxylic acid groups (broad SMARTS) is 1. The lowest BCUT2D eigenvalue weighted by molar-refractivity contribution is -0.144. The molecule has 0 aliphatic rings. The van der Waals surface area contributed by atoms with E-state index in [0.29, 0.717) is 4.47 Å². The van der Waals surface area contributed by atoms with Gasteiger partial charge in [-0.25, -0.2) is 14.0 Å². The lowest BCUT2D eigenvalue weighted by atomic mass is 10.0. The fourth-order valence-corrected chi connectivity index (χ4v) is 2.52. The van der Waals surface area contributed by atoms with Gasteiger partial charge in [0.15, 0.2) is 6.04 Å². The molecule has 0 fully saturated rings. The average Bonchev–Trinajstić information content (AvgIpc) is 2.35. The third-order valence-corrected chi connectivity index (χ3v) is 3.65. The summed E-state index contributed by atoms with van der Waals surface area (Å²) in [7, 11) is 0. The number of nitrogens with zero attached hydrogens (tertiary/aromatic N) is 1. The number of ether oxygens (including phenoxy) is 1. The Morgan fingerprint density at radius 1 is 1.30 bits per heavy atom. The fraction of sp³-hybridized carbons (Fsp3) is 0.500. The van der Waals surface area contributed by atoms with Gasteiger partial charge in [0.1, 0.15) is 11.4 Å². The summed E-state index contributed by atoms with van der Waals surface area (Å²) in [5, 5.41) is 9.62. The highest BCUT2D eigenvalue weighted by Gasteiger charge is 2.37. The lowest BCUT2D eigenvalue weighted by Gasteiger charge is -2.34. The zero-order chi connectivity index (χ0) is 17.9.